The topological polar surface area (TPSA) is 65.4 Å². The van der Waals surface area contributed by atoms with Crippen LogP contribution in [0.5, 0.6) is 11.5 Å². The monoisotopic (exact) mass is 377 g/mol. The van der Waals surface area contributed by atoms with E-state index in [9.17, 15) is 4.79 Å². The highest BCUT2D eigenvalue weighted by molar-refractivity contribution is 5.94. The summed E-state index contributed by atoms with van der Waals surface area (Å²) in [5, 5.41) is 7.27. The van der Waals surface area contributed by atoms with Crippen LogP contribution in [-0.2, 0) is 6.54 Å². The Morgan fingerprint density at radius 2 is 2.00 bits per heavy atom. The van der Waals surface area contributed by atoms with Crippen molar-refractivity contribution in [3.63, 3.8) is 0 Å². The lowest BCUT2D eigenvalue weighted by Gasteiger charge is -2.17. The predicted octanol–water partition coefficient (Wildman–Crippen LogP) is 3.58. The number of fused-ring (bicyclic) bond motifs is 1. The van der Waals surface area contributed by atoms with Gasteiger partial charge in [0.1, 0.15) is 0 Å². The molecule has 1 aliphatic heterocycles. The number of amides is 1. The van der Waals surface area contributed by atoms with Crippen molar-refractivity contribution in [3.05, 3.63) is 77.6 Å². The average molecular weight is 377 g/mol. The summed E-state index contributed by atoms with van der Waals surface area (Å²) in [4.78, 5) is 12.7. The number of nitrogens with zero attached hydrogens (tertiary/aromatic N) is 2. The van der Waals surface area contributed by atoms with E-state index in [1.807, 2.05) is 66.3 Å². The summed E-state index contributed by atoms with van der Waals surface area (Å²) in [6, 6.07) is 15.2. The van der Waals surface area contributed by atoms with Crippen LogP contribution in [0.15, 0.2) is 60.9 Å². The largest absolute Gasteiger partial charge is 0.490 e. The van der Waals surface area contributed by atoms with Crippen molar-refractivity contribution in [1.82, 2.24) is 15.1 Å². The zero-order chi connectivity index (χ0) is 19.3. The molecular formula is C22H23N3O3. The molecule has 1 aliphatic rings. The van der Waals surface area contributed by atoms with Gasteiger partial charge in [0.15, 0.2) is 11.5 Å². The summed E-state index contributed by atoms with van der Waals surface area (Å²) >= 11 is 0. The third kappa shape index (κ3) is 4.17. The third-order valence-electron chi connectivity index (χ3n) is 4.71. The molecule has 0 radical (unpaired) electrons. The normalized spacial score (nSPS) is 14.2. The van der Waals surface area contributed by atoms with Gasteiger partial charge in [-0.25, -0.2) is 0 Å². The fraction of sp³-hybridized carbons (Fsp3) is 0.273. The number of aromatic nitrogens is 2. The number of hydrogen-bond donors (Lipinski definition) is 1. The fourth-order valence-electron chi connectivity index (χ4n) is 3.20. The Bertz CT molecular complexity index is 953. The molecule has 1 unspecified atom stereocenters. The van der Waals surface area contributed by atoms with E-state index in [1.54, 1.807) is 6.20 Å². The first-order chi connectivity index (χ1) is 13.7. The van der Waals surface area contributed by atoms with Crippen molar-refractivity contribution >= 4 is 5.91 Å². The Labute approximate surface area is 164 Å². The Morgan fingerprint density at radius 3 is 2.82 bits per heavy atom. The zero-order valence-electron chi connectivity index (χ0n) is 15.8. The maximum absolute atomic E-state index is 12.7. The van der Waals surface area contributed by atoms with E-state index in [4.69, 9.17) is 9.47 Å². The standard InChI is InChI=1S/C22H23N3O3/c1-16(18-7-8-20-21(14-18)28-12-4-11-27-20)24-22(26)19-6-2-5-17(13-19)15-25-10-3-9-23-25/h2-3,5-10,13-14,16H,4,11-12,15H2,1H3,(H,24,26). The quantitative estimate of drug-likeness (QED) is 0.738. The van der Waals surface area contributed by atoms with Crippen molar-refractivity contribution in [1.29, 1.82) is 0 Å². The van der Waals surface area contributed by atoms with Crippen molar-refractivity contribution in [2.24, 2.45) is 0 Å². The molecule has 4 rings (SSSR count). The first-order valence-electron chi connectivity index (χ1n) is 9.46. The van der Waals surface area contributed by atoms with E-state index in [1.165, 1.54) is 0 Å². The van der Waals surface area contributed by atoms with Gasteiger partial charge in [-0.15, -0.1) is 0 Å². The van der Waals surface area contributed by atoms with E-state index >= 15 is 0 Å². The van der Waals surface area contributed by atoms with Gasteiger partial charge in [0.05, 0.1) is 25.8 Å². The van der Waals surface area contributed by atoms with Crippen LogP contribution in [-0.4, -0.2) is 28.9 Å². The lowest BCUT2D eigenvalue weighted by molar-refractivity contribution is 0.0939. The molecule has 3 aromatic rings. The van der Waals surface area contributed by atoms with Crippen LogP contribution in [0.3, 0.4) is 0 Å². The molecule has 2 heterocycles. The highest BCUT2D eigenvalue weighted by atomic mass is 16.5. The highest BCUT2D eigenvalue weighted by Crippen LogP contribution is 2.32. The summed E-state index contributed by atoms with van der Waals surface area (Å²) in [5.41, 5.74) is 2.63. The summed E-state index contributed by atoms with van der Waals surface area (Å²) in [5.74, 6) is 1.38. The van der Waals surface area contributed by atoms with Gasteiger partial charge in [0, 0.05) is 24.4 Å². The van der Waals surface area contributed by atoms with Gasteiger partial charge in [-0.3, -0.25) is 9.48 Å². The third-order valence-corrected chi connectivity index (χ3v) is 4.71. The lowest BCUT2D eigenvalue weighted by atomic mass is 10.1. The first-order valence-corrected chi connectivity index (χ1v) is 9.46. The van der Waals surface area contributed by atoms with Crippen LogP contribution in [0.1, 0.15) is 40.9 Å². The zero-order valence-corrected chi connectivity index (χ0v) is 15.8. The second kappa shape index (κ2) is 8.17. The minimum absolute atomic E-state index is 0.109. The van der Waals surface area contributed by atoms with E-state index in [0.29, 0.717) is 25.3 Å². The number of rotatable bonds is 5. The summed E-state index contributed by atoms with van der Waals surface area (Å²) in [6.45, 7) is 3.89. The molecule has 6 nitrogen and oxygen atoms in total. The Hall–Kier alpha value is -3.28. The minimum Gasteiger partial charge on any atom is -0.490 e. The molecule has 144 valence electrons. The van der Waals surface area contributed by atoms with Crippen LogP contribution in [0, 0.1) is 0 Å². The van der Waals surface area contributed by atoms with Gasteiger partial charge < -0.3 is 14.8 Å². The van der Waals surface area contributed by atoms with Crippen molar-refractivity contribution in [2.75, 3.05) is 13.2 Å². The van der Waals surface area contributed by atoms with Crippen molar-refractivity contribution < 1.29 is 14.3 Å². The van der Waals surface area contributed by atoms with Crippen LogP contribution >= 0.6 is 0 Å². The number of ether oxygens (including phenoxy) is 2. The number of benzene rings is 2. The first kappa shape index (κ1) is 18.1. The number of nitrogens with one attached hydrogen (secondary N) is 1. The number of hydrogen-bond acceptors (Lipinski definition) is 4. The van der Waals surface area contributed by atoms with Gasteiger partial charge in [0.2, 0.25) is 0 Å². The van der Waals surface area contributed by atoms with Gasteiger partial charge in [-0.1, -0.05) is 18.2 Å². The molecule has 1 amide bonds. The smallest absolute Gasteiger partial charge is 0.251 e. The second-order valence-electron chi connectivity index (χ2n) is 6.86. The van der Waals surface area contributed by atoms with Crippen LogP contribution in [0.25, 0.3) is 0 Å². The van der Waals surface area contributed by atoms with Crippen molar-refractivity contribution in [3.8, 4) is 11.5 Å². The summed E-state index contributed by atoms with van der Waals surface area (Å²) < 4.78 is 13.2. The van der Waals surface area contributed by atoms with E-state index < -0.39 is 0 Å². The van der Waals surface area contributed by atoms with Gasteiger partial charge in [0.25, 0.3) is 5.91 Å². The molecule has 1 N–H and O–H groups in total. The molecule has 0 bridgehead atoms. The maximum Gasteiger partial charge on any atom is 0.251 e. The molecule has 1 atom stereocenters. The van der Waals surface area contributed by atoms with E-state index in [-0.39, 0.29) is 11.9 Å². The molecule has 0 saturated heterocycles. The molecular weight excluding hydrogens is 354 g/mol. The van der Waals surface area contributed by atoms with Crippen LogP contribution in [0.4, 0.5) is 0 Å². The molecule has 0 spiro atoms. The van der Waals surface area contributed by atoms with Gasteiger partial charge >= 0.3 is 0 Å². The molecule has 28 heavy (non-hydrogen) atoms. The van der Waals surface area contributed by atoms with Gasteiger partial charge in [-0.05, 0) is 48.4 Å². The second-order valence-corrected chi connectivity index (χ2v) is 6.86. The van der Waals surface area contributed by atoms with E-state index in [0.717, 1.165) is 29.0 Å². The average Bonchev–Trinajstić information content (AvgIpc) is 3.10. The summed E-state index contributed by atoms with van der Waals surface area (Å²) in [6.07, 6.45) is 4.51. The molecule has 1 aromatic heterocycles. The number of carbonyl (C=O) groups excluding carboxylic acids is 1. The number of carbonyl (C=O) groups is 1. The molecule has 0 aliphatic carbocycles. The fourth-order valence-corrected chi connectivity index (χ4v) is 3.20. The molecule has 0 fully saturated rings. The predicted molar refractivity (Wildman–Crippen MR) is 106 cm³/mol. The Kier molecular flexibility index (Phi) is 5.28. The highest BCUT2D eigenvalue weighted by Gasteiger charge is 2.16. The van der Waals surface area contributed by atoms with Crippen LogP contribution < -0.4 is 14.8 Å². The van der Waals surface area contributed by atoms with Gasteiger partial charge in [-0.2, -0.15) is 5.10 Å². The molecule has 2 aromatic carbocycles. The maximum atomic E-state index is 12.7. The molecule has 6 heteroatoms. The summed E-state index contributed by atoms with van der Waals surface area (Å²) in [7, 11) is 0. The van der Waals surface area contributed by atoms with Crippen molar-refractivity contribution in [2.45, 2.75) is 25.9 Å². The lowest BCUT2D eigenvalue weighted by Crippen LogP contribution is -2.26. The minimum atomic E-state index is -0.153. The molecule has 0 saturated carbocycles. The Balaban J connectivity index is 1.45. The van der Waals surface area contributed by atoms with Crippen LogP contribution in [0.2, 0.25) is 0 Å². The SMILES string of the molecule is CC(NC(=O)c1cccc(Cn2cccn2)c1)c1ccc2c(c1)OCCCO2. The van der Waals surface area contributed by atoms with E-state index in [2.05, 4.69) is 10.4 Å². The Morgan fingerprint density at radius 1 is 1.14 bits per heavy atom.